The number of anilines is 1. The average Bonchev–Trinajstić information content (AvgIpc) is 3.49. The SMILES string of the molecule is CCCCCCCCCCN.CCCCCCCCCC[C@@]1(n2cnc3c(N)ncnc32)O[C@H](CO)[C@@H](O)[C@@]1(C)O. The van der Waals surface area contributed by atoms with E-state index >= 15 is 0 Å². The fourth-order valence-corrected chi connectivity index (χ4v) is 5.79. The van der Waals surface area contributed by atoms with Crippen LogP contribution in [0, 0.1) is 0 Å². The molecule has 1 fully saturated rings. The number of aliphatic hydroxyl groups is 3. The Labute approximate surface area is 247 Å². The molecule has 7 N–H and O–H groups in total. The van der Waals surface area contributed by atoms with Gasteiger partial charge in [-0.25, -0.2) is 15.0 Å². The molecule has 0 saturated carbocycles. The van der Waals surface area contributed by atoms with Crippen molar-refractivity contribution in [3.63, 3.8) is 0 Å². The van der Waals surface area contributed by atoms with Crippen molar-refractivity contribution in [3.05, 3.63) is 12.7 Å². The highest BCUT2D eigenvalue weighted by Gasteiger charge is 2.63. The van der Waals surface area contributed by atoms with Gasteiger partial charge < -0.3 is 31.5 Å². The third-order valence-corrected chi connectivity index (χ3v) is 8.42. The van der Waals surface area contributed by atoms with Gasteiger partial charge in [0.15, 0.2) is 17.2 Å². The second kappa shape index (κ2) is 18.6. The molecular formula is C31H58N6O4. The monoisotopic (exact) mass is 578 g/mol. The van der Waals surface area contributed by atoms with Crippen LogP contribution in [0.5, 0.6) is 0 Å². The third kappa shape index (κ3) is 9.58. The lowest BCUT2D eigenvalue weighted by atomic mass is 9.84. The zero-order valence-electron chi connectivity index (χ0n) is 25.9. The number of aliphatic hydroxyl groups excluding tert-OH is 2. The van der Waals surface area contributed by atoms with E-state index < -0.39 is 30.1 Å². The first-order valence-corrected chi connectivity index (χ1v) is 16.1. The number of nitrogens with zero attached hydrogens (tertiary/aromatic N) is 4. The van der Waals surface area contributed by atoms with E-state index in [0.29, 0.717) is 17.6 Å². The zero-order chi connectivity index (χ0) is 30.1. The number of ether oxygens (including phenoxy) is 1. The molecular weight excluding hydrogens is 520 g/mol. The second-order valence-electron chi connectivity index (χ2n) is 11.7. The van der Waals surface area contributed by atoms with Gasteiger partial charge in [0.25, 0.3) is 0 Å². The Morgan fingerprint density at radius 3 is 1.90 bits per heavy atom. The topological polar surface area (TPSA) is 166 Å². The molecule has 0 unspecified atom stereocenters. The van der Waals surface area contributed by atoms with Gasteiger partial charge in [-0.3, -0.25) is 4.57 Å². The maximum absolute atomic E-state index is 11.4. The van der Waals surface area contributed by atoms with E-state index in [0.717, 1.165) is 25.8 Å². The van der Waals surface area contributed by atoms with Crippen LogP contribution in [-0.4, -0.2) is 65.8 Å². The van der Waals surface area contributed by atoms with E-state index in [2.05, 4.69) is 28.8 Å². The van der Waals surface area contributed by atoms with Crippen LogP contribution in [0.4, 0.5) is 5.82 Å². The number of aromatic nitrogens is 4. The highest BCUT2D eigenvalue weighted by molar-refractivity contribution is 5.81. The summed E-state index contributed by atoms with van der Waals surface area (Å²) in [7, 11) is 0. The van der Waals surface area contributed by atoms with Crippen molar-refractivity contribution in [1.29, 1.82) is 0 Å². The first-order valence-electron chi connectivity index (χ1n) is 16.1. The maximum atomic E-state index is 11.4. The minimum absolute atomic E-state index is 0.234. The molecule has 0 spiro atoms. The summed E-state index contributed by atoms with van der Waals surface area (Å²) >= 11 is 0. The van der Waals surface area contributed by atoms with Crippen LogP contribution in [0.2, 0.25) is 0 Å². The number of nitrogen functional groups attached to an aromatic ring is 1. The molecule has 0 aromatic carbocycles. The molecule has 41 heavy (non-hydrogen) atoms. The molecule has 3 rings (SSSR count). The summed E-state index contributed by atoms with van der Waals surface area (Å²) in [6.45, 7) is 6.47. The van der Waals surface area contributed by atoms with Crippen molar-refractivity contribution >= 4 is 17.0 Å². The number of unbranched alkanes of at least 4 members (excludes halogenated alkanes) is 14. The van der Waals surface area contributed by atoms with Crippen molar-refractivity contribution in [3.8, 4) is 0 Å². The fourth-order valence-electron chi connectivity index (χ4n) is 5.79. The summed E-state index contributed by atoms with van der Waals surface area (Å²) in [6, 6.07) is 0. The van der Waals surface area contributed by atoms with E-state index in [9.17, 15) is 15.3 Å². The third-order valence-electron chi connectivity index (χ3n) is 8.42. The van der Waals surface area contributed by atoms with Crippen LogP contribution in [0.3, 0.4) is 0 Å². The van der Waals surface area contributed by atoms with Gasteiger partial charge in [0, 0.05) is 0 Å². The van der Waals surface area contributed by atoms with Gasteiger partial charge in [-0.1, -0.05) is 104 Å². The fraction of sp³-hybridized carbons (Fsp3) is 0.839. The van der Waals surface area contributed by atoms with Crippen molar-refractivity contribution in [2.75, 3.05) is 18.9 Å². The van der Waals surface area contributed by atoms with Crippen LogP contribution in [-0.2, 0) is 10.5 Å². The van der Waals surface area contributed by atoms with Crippen molar-refractivity contribution in [2.45, 2.75) is 153 Å². The van der Waals surface area contributed by atoms with Gasteiger partial charge in [-0.2, -0.15) is 0 Å². The molecule has 0 amide bonds. The summed E-state index contributed by atoms with van der Waals surface area (Å²) in [5, 5.41) is 31.7. The Morgan fingerprint density at radius 2 is 1.39 bits per heavy atom. The van der Waals surface area contributed by atoms with Crippen LogP contribution in [0.1, 0.15) is 130 Å². The largest absolute Gasteiger partial charge is 0.394 e. The predicted molar refractivity (Wildman–Crippen MR) is 165 cm³/mol. The number of hydrogen-bond donors (Lipinski definition) is 5. The van der Waals surface area contributed by atoms with Crippen LogP contribution >= 0.6 is 0 Å². The Morgan fingerprint density at radius 1 is 0.854 bits per heavy atom. The van der Waals surface area contributed by atoms with E-state index in [1.165, 1.54) is 103 Å². The Hall–Kier alpha value is -1.85. The summed E-state index contributed by atoms with van der Waals surface area (Å²) in [5.74, 6) is 0.234. The molecule has 10 nitrogen and oxygen atoms in total. The molecule has 0 bridgehead atoms. The van der Waals surface area contributed by atoms with E-state index in [4.69, 9.17) is 16.2 Å². The molecule has 0 aliphatic carbocycles. The number of rotatable bonds is 19. The summed E-state index contributed by atoms with van der Waals surface area (Å²) in [4.78, 5) is 12.6. The number of imidazole rings is 1. The number of fused-ring (bicyclic) bond motifs is 1. The lowest BCUT2D eigenvalue weighted by molar-refractivity contribution is -0.191. The molecule has 0 radical (unpaired) electrons. The highest BCUT2D eigenvalue weighted by Crippen LogP contribution is 2.48. The second-order valence-corrected chi connectivity index (χ2v) is 11.7. The lowest BCUT2D eigenvalue weighted by Gasteiger charge is -2.40. The molecule has 236 valence electrons. The molecule has 1 aliphatic heterocycles. The van der Waals surface area contributed by atoms with E-state index in [-0.39, 0.29) is 5.82 Å². The Kier molecular flexibility index (Phi) is 16.1. The van der Waals surface area contributed by atoms with Crippen LogP contribution in [0.25, 0.3) is 11.2 Å². The van der Waals surface area contributed by atoms with Gasteiger partial charge >= 0.3 is 0 Å². The van der Waals surface area contributed by atoms with Gasteiger partial charge in [-0.05, 0) is 32.7 Å². The molecule has 4 atom stereocenters. The normalized spacial score (nSPS) is 24.1. The standard InChI is InChI=1S/C21H35N5O4.C10H23N/c1-3-4-5-6-7-8-9-10-11-21(20(2,29)17(28)15(12-27)30-21)26-14-25-16-18(22)23-13-24-19(16)26;1-2-3-4-5-6-7-8-9-10-11/h13-15,17,27-29H,3-12H2,1-2H3,(H2,22,23,24);2-11H2,1H3/t15-,17-,20-,21-;/m1./s1. The molecule has 2 aromatic rings. The van der Waals surface area contributed by atoms with Gasteiger partial charge in [0.2, 0.25) is 0 Å². The number of hydrogen-bond acceptors (Lipinski definition) is 9. The molecule has 1 saturated heterocycles. The Balaban J connectivity index is 0.000000454. The van der Waals surface area contributed by atoms with Crippen molar-refractivity contribution < 1.29 is 20.1 Å². The van der Waals surface area contributed by atoms with Crippen molar-refractivity contribution in [2.24, 2.45) is 5.73 Å². The van der Waals surface area contributed by atoms with Gasteiger partial charge in [0.1, 0.15) is 29.7 Å². The van der Waals surface area contributed by atoms with Crippen LogP contribution in [0.15, 0.2) is 12.7 Å². The predicted octanol–water partition coefficient (Wildman–Crippen LogP) is 5.18. The molecule has 1 aliphatic rings. The van der Waals surface area contributed by atoms with E-state index in [1.54, 1.807) is 4.57 Å². The summed E-state index contributed by atoms with van der Waals surface area (Å²) in [5.41, 5.74) is 9.18. The van der Waals surface area contributed by atoms with E-state index in [1.807, 2.05) is 0 Å². The summed E-state index contributed by atoms with van der Waals surface area (Å²) in [6.07, 6.45) is 21.2. The molecule has 10 heteroatoms. The molecule has 2 aromatic heterocycles. The van der Waals surface area contributed by atoms with Crippen molar-refractivity contribution in [1.82, 2.24) is 19.5 Å². The zero-order valence-corrected chi connectivity index (χ0v) is 25.9. The van der Waals surface area contributed by atoms with Crippen LogP contribution < -0.4 is 11.5 Å². The first-order chi connectivity index (χ1) is 19.8. The maximum Gasteiger partial charge on any atom is 0.179 e. The first kappa shape index (κ1) is 35.3. The minimum atomic E-state index is -1.66. The van der Waals surface area contributed by atoms with Gasteiger partial charge in [-0.15, -0.1) is 0 Å². The Bertz CT molecular complexity index is 963. The van der Waals surface area contributed by atoms with Gasteiger partial charge in [0.05, 0.1) is 12.9 Å². The average molecular weight is 579 g/mol. The summed E-state index contributed by atoms with van der Waals surface area (Å²) < 4.78 is 7.79. The highest BCUT2D eigenvalue weighted by atomic mass is 16.6. The number of nitrogens with two attached hydrogens (primary N) is 2. The quantitative estimate of drug-likeness (QED) is 0.141. The molecule has 3 heterocycles. The minimum Gasteiger partial charge on any atom is -0.394 e. The smallest absolute Gasteiger partial charge is 0.179 e. The lowest BCUT2D eigenvalue weighted by Crippen LogP contribution is -2.55.